The number of benzene rings is 1. The number of nitrogens with zero attached hydrogens (tertiary/aromatic N) is 2. The van der Waals surface area contributed by atoms with E-state index in [9.17, 15) is 4.79 Å². The van der Waals surface area contributed by atoms with Crippen molar-refractivity contribution >= 4 is 28.1 Å². The Labute approximate surface area is 155 Å². The van der Waals surface area contributed by atoms with Gasteiger partial charge in [-0.2, -0.15) is 0 Å². The van der Waals surface area contributed by atoms with Gasteiger partial charge in [0.1, 0.15) is 5.69 Å². The molecule has 0 spiro atoms. The third-order valence-corrected chi connectivity index (χ3v) is 4.33. The van der Waals surface area contributed by atoms with E-state index in [1.54, 1.807) is 38.1 Å². The van der Waals surface area contributed by atoms with Gasteiger partial charge in [0.15, 0.2) is 16.6 Å². The van der Waals surface area contributed by atoms with E-state index < -0.39 is 0 Å². The highest BCUT2D eigenvalue weighted by molar-refractivity contribution is 7.14. The maximum atomic E-state index is 12.2. The molecule has 134 valence electrons. The Bertz CT molecular complexity index is 883. The van der Waals surface area contributed by atoms with Crippen LogP contribution >= 0.6 is 11.3 Å². The van der Waals surface area contributed by atoms with E-state index in [0.717, 1.165) is 11.3 Å². The normalized spacial score (nSPS) is 10.2. The lowest BCUT2D eigenvalue weighted by atomic mass is 10.2. The average Bonchev–Trinajstić information content (AvgIpc) is 3.15. The van der Waals surface area contributed by atoms with Crippen LogP contribution in [0.3, 0.4) is 0 Å². The molecule has 8 heteroatoms. The molecule has 3 rings (SSSR count). The van der Waals surface area contributed by atoms with Crippen LogP contribution in [0.4, 0.5) is 10.8 Å². The molecule has 0 bridgehead atoms. The van der Waals surface area contributed by atoms with Crippen LogP contribution in [0.1, 0.15) is 16.1 Å². The molecular formula is C18H18N4O3S. The number of hydrogen-bond donors (Lipinski definition) is 2. The van der Waals surface area contributed by atoms with Gasteiger partial charge in [0.25, 0.3) is 5.91 Å². The number of amides is 1. The molecule has 0 aliphatic heterocycles. The fourth-order valence-corrected chi connectivity index (χ4v) is 2.96. The Balaban J connectivity index is 1.63. The number of methoxy groups -OCH3 is 2. The number of anilines is 2. The predicted molar refractivity (Wildman–Crippen MR) is 100 cm³/mol. The van der Waals surface area contributed by atoms with Crippen LogP contribution in [-0.2, 0) is 6.54 Å². The molecule has 1 amide bonds. The zero-order valence-corrected chi connectivity index (χ0v) is 15.2. The summed E-state index contributed by atoms with van der Waals surface area (Å²) in [6.45, 7) is 0.428. The van der Waals surface area contributed by atoms with Crippen molar-refractivity contribution < 1.29 is 14.3 Å². The number of carbonyl (C=O) groups is 1. The Hall–Kier alpha value is -3.13. The third-order valence-electron chi connectivity index (χ3n) is 3.57. The van der Waals surface area contributed by atoms with Crippen molar-refractivity contribution in [3.05, 3.63) is 59.4 Å². The molecule has 1 aromatic carbocycles. The van der Waals surface area contributed by atoms with Crippen LogP contribution in [0.5, 0.6) is 11.5 Å². The van der Waals surface area contributed by atoms with Gasteiger partial charge in [-0.15, -0.1) is 11.3 Å². The highest BCUT2D eigenvalue weighted by atomic mass is 32.1. The molecule has 2 heterocycles. The number of aromatic nitrogens is 2. The van der Waals surface area contributed by atoms with Crippen LogP contribution in [0.25, 0.3) is 0 Å². The Morgan fingerprint density at radius 2 is 1.88 bits per heavy atom. The van der Waals surface area contributed by atoms with E-state index in [1.807, 2.05) is 24.3 Å². The Kier molecular flexibility index (Phi) is 5.65. The van der Waals surface area contributed by atoms with Gasteiger partial charge in [-0.05, 0) is 29.8 Å². The Morgan fingerprint density at radius 1 is 1.12 bits per heavy atom. The summed E-state index contributed by atoms with van der Waals surface area (Å²) in [6, 6.07) is 9.17. The molecule has 0 fully saturated rings. The predicted octanol–water partition coefficient (Wildman–Crippen LogP) is 3.23. The second-order valence-corrected chi connectivity index (χ2v) is 6.13. The lowest BCUT2D eigenvalue weighted by Crippen LogP contribution is -2.23. The number of nitrogens with one attached hydrogen (secondary N) is 2. The molecule has 2 aromatic heterocycles. The summed E-state index contributed by atoms with van der Waals surface area (Å²) in [5.74, 6) is 1.04. The van der Waals surface area contributed by atoms with Crippen molar-refractivity contribution in [3.63, 3.8) is 0 Å². The van der Waals surface area contributed by atoms with Crippen molar-refractivity contribution in [3.8, 4) is 11.5 Å². The quantitative estimate of drug-likeness (QED) is 0.664. The number of carbonyl (C=O) groups excluding carboxylic acids is 1. The van der Waals surface area contributed by atoms with Crippen molar-refractivity contribution in [2.24, 2.45) is 0 Å². The van der Waals surface area contributed by atoms with E-state index in [2.05, 4.69) is 20.6 Å². The number of ether oxygens (including phenoxy) is 2. The van der Waals surface area contributed by atoms with Gasteiger partial charge in [-0.3, -0.25) is 9.78 Å². The lowest BCUT2D eigenvalue weighted by molar-refractivity contribution is 0.0946. The van der Waals surface area contributed by atoms with E-state index in [4.69, 9.17) is 9.47 Å². The topological polar surface area (TPSA) is 85.4 Å². The average molecular weight is 370 g/mol. The van der Waals surface area contributed by atoms with E-state index in [1.165, 1.54) is 11.3 Å². The summed E-state index contributed by atoms with van der Waals surface area (Å²) in [5.41, 5.74) is 2.14. The highest BCUT2D eigenvalue weighted by Gasteiger charge is 2.11. The monoisotopic (exact) mass is 370 g/mol. The lowest BCUT2D eigenvalue weighted by Gasteiger charge is -2.09. The third kappa shape index (κ3) is 4.28. The van der Waals surface area contributed by atoms with Gasteiger partial charge < -0.3 is 20.1 Å². The fraction of sp³-hybridized carbons (Fsp3) is 0.167. The van der Waals surface area contributed by atoms with Crippen molar-refractivity contribution in [2.75, 3.05) is 19.5 Å². The second kappa shape index (κ2) is 8.30. The molecule has 0 saturated heterocycles. The summed E-state index contributed by atoms with van der Waals surface area (Å²) in [5, 5.41) is 8.33. The molecule has 0 atom stereocenters. The van der Waals surface area contributed by atoms with Crippen LogP contribution in [0.2, 0.25) is 0 Å². The fourth-order valence-electron chi connectivity index (χ4n) is 2.25. The van der Waals surface area contributed by atoms with Gasteiger partial charge in [0, 0.05) is 36.1 Å². The molecule has 0 aliphatic rings. The second-order valence-electron chi connectivity index (χ2n) is 5.27. The maximum absolute atomic E-state index is 12.2. The SMILES string of the molecule is COc1ccc(Nc2nc(C(=O)NCc3ccncc3)cs2)cc1OC. The van der Waals surface area contributed by atoms with Crippen LogP contribution in [0.15, 0.2) is 48.1 Å². The first kappa shape index (κ1) is 17.7. The summed E-state index contributed by atoms with van der Waals surface area (Å²) in [4.78, 5) is 20.5. The number of pyridine rings is 1. The van der Waals surface area contributed by atoms with Crippen LogP contribution in [-0.4, -0.2) is 30.1 Å². The smallest absolute Gasteiger partial charge is 0.271 e. The number of hydrogen-bond acceptors (Lipinski definition) is 7. The van der Waals surface area contributed by atoms with Gasteiger partial charge in [0.2, 0.25) is 0 Å². The molecule has 7 nitrogen and oxygen atoms in total. The molecule has 0 unspecified atom stereocenters. The minimum atomic E-state index is -0.224. The first-order valence-corrected chi connectivity index (χ1v) is 8.69. The van der Waals surface area contributed by atoms with E-state index in [0.29, 0.717) is 28.9 Å². The van der Waals surface area contributed by atoms with Crippen LogP contribution in [0, 0.1) is 0 Å². The maximum Gasteiger partial charge on any atom is 0.271 e. The molecule has 3 aromatic rings. The van der Waals surface area contributed by atoms with E-state index >= 15 is 0 Å². The van der Waals surface area contributed by atoms with Crippen molar-refractivity contribution in [1.29, 1.82) is 0 Å². The van der Waals surface area contributed by atoms with Gasteiger partial charge >= 0.3 is 0 Å². The summed E-state index contributed by atoms with van der Waals surface area (Å²) in [6.07, 6.45) is 3.38. The molecule has 26 heavy (non-hydrogen) atoms. The molecular weight excluding hydrogens is 352 g/mol. The first-order valence-electron chi connectivity index (χ1n) is 7.81. The summed E-state index contributed by atoms with van der Waals surface area (Å²) in [7, 11) is 3.17. The number of thiazole rings is 1. The molecule has 0 saturated carbocycles. The minimum Gasteiger partial charge on any atom is -0.493 e. The van der Waals surface area contributed by atoms with Crippen molar-refractivity contribution in [1.82, 2.24) is 15.3 Å². The molecule has 0 radical (unpaired) electrons. The molecule has 2 N–H and O–H groups in total. The highest BCUT2D eigenvalue weighted by Crippen LogP contribution is 2.31. The molecule has 0 aliphatic carbocycles. The van der Waals surface area contributed by atoms with Crippen molar-refractivity contribution in [2.45, 2.75) is 6.54 Å². The van der Waals surface area contributed by atoms with E-state index in [-0.39, 0.29) is 5.91 Å². The Morgan fingerprint density at radius 3 is 2.62 bits per heavy atom. The summed E-state index contributed by atoms with van der Waals surface area (Å²) >= 11 is 1.35. The standard InChI is InChI=1S/C18H18N4O3S/c1-24-15-4-3-13(9-16(15)25-2)21-18-22-14(11-26-18)17(23)20-10-12-5-7-19-8-6-12/h3-9,11H,10H2,1-2H3,(H,20,23)(H,21,22). The van der Waals surface area contributed by atoms with Gasteiger partial charge in [-0.1, -0.05) is 0 Å². The number of rotatable bonds is 7. The summed E-state index contributed by atoms with van der Waals surface area (Å²) < 4.78 is 10.5. The zero-order chi connectivity index (χ0) is 18.4. The largest absolute Gasteiger partial charge is 0.493 e. The first-order chi connectivity index (χ1) is 12.7. The van der Waals surface area contributed by atoms with Gasteiger partial charge in [0.05, 0.1) is 14.2 Å². The van der Waals surface area contributed by atoms with Gasteiger partial charge in [-0.25, -0.2) is 4.98 Å². The minimum absolute atomic E-state index is 0.224. The van der Waals surface area contributed by atoms with Crippen LogP contribution < -0.4 is 20.1 Å². The zero-order valence-electron chi connectivity index (χ0n) is 14.4.